The van der Waals surface area contributed by atoms with E-state index in [-0.39, 0.29) is 10.6 Å². The van der Waals surface area contributed by atoms with Gasteiger partial charge in [-0.2, -0.15) is 0 Å². The van der Waals surface area contributed by atoms with Crippen molar-refractivity contribution in [2.24, 2.45) is 0 Å². The maximum Gasteiger partial charge on any atom is 0.258 e. The fourth-order valence-electron chi connectivity index (χ4n) is 1.35. The van der Waals surface area contributed by atoms with E-state index in [2.05, 4.69) is 10.3 Å². The number of rotatable bonds is 2. The lowest BCUT2D eigenvalue weighted by Gasteiger charge is -2.07. The second kappa shape index (κ2) is 5.27. The number of aromatic nitrogens is 1. The maximum atomic E-state index is 13.3. The van der Waals surface area contributed by atoms with Crippen molar-refractivity contribution < 1.29 is 18.0 Å². The normalized spacial score (nSPS) is 10.3. The zero-order valence-corrected chi connectivity index (χ0v) is 10.0. The Hall–Kier alpha value is -2.08. The second-order valence-corrected chi connectivity index (χ2v) is 3.96. The smallest absolute Gasteiger partial charge is 0.258 e. The quantitative estimate of drug-likeness (QED) is 0.860. The van der Waals surface area contributed by atoms with E-state index < -0.39 is 29.0 Å². The third-order valence-electron chi connectivity index (χ3n) is 2.27. The van der Waals surface area contributed by atoms with Gasteiger partial charge in [0.05, 0.1) is 16.3 Å². The van der Waals surface area contributed by atoms with Gasteiger partial charge in [-0.1, -0.05) is 11.6 Å². The van der Waals surface area contributed by atoms with E-state index in [0.29, 0.717) is 12.1 Å². The molecule has 0 aliphatic carbocycles. The van der Waals surface area contributed by atoms with Crippen LogP contribution in [-0.4, -0.2) is 10.9 Å². The van der Waals surface area contributed by atoms with Crippen molar-refractivity contribution in [2.45, 2.75) is 0 Å². The van der Waals surface area contributed by atoms with Crippen LogP contribution in [0.3, 0.4) is 0 Å². The number of amides is 1. The number of nitrogens with zero attached hydrogens (tertiary/aromatic N) is 1. The highest BCUT2D eigenvalue weighted by Gasteiger charge is 2.15. The van der Waals surface area contributed by atoms with E-state index in [1.54, 1.807) is 0 Å². The predicted molar refractivity (Wildman–Crippen MR) is 63.5 cm³/mol. The van der Waals surface area contributed by atoms with Gasteiger partial charge in [0.15, 0.2) is 11.6 Å². The number of hydrogen-bond acceptors (Lipinski definition) is 2. The summed E-state index contributed by atoms with van der Waals surface area (Å²) < 4.78 is 39.0. The Morgan fingerprint density at radius 1 is 1.16 bits per heavy atom. The van der Waals surface area contributed by atoms with Crippen molar-refractivity contribution in [3.63, 3.8) is 0 Å². The van der Waals surface area contributed by atoms with Crippen molar-refractivity contribution in [3.8, 4) is 0 Å². The first kappa shape index (κ1) is 13.4. The molecule has 98 valence electrons. The lowest BCUT2D eigenvalue weighted by molar-refractivity contribution is 0.102. The molecule has 0 fully saturated rings. The molecule has 0 atom stereocenters. The monoisotopic (exact) mass is 286 g/mol. The zero-order valence-electron chi connectivity index (χ0n) is 9.25. The van der Waals surface area contributed by atoms with E-state index in [4.69, 9.17) is 11.6 Å². The number of carbonyl (C=O) groups is 1. The van der Waals surface area contributed by atoms with Gasteiger partial charge in [0.25, 0.3) is 5.91 Å². The third kappa shape index (κ3) is 2.85. The summed E-state index contributed by atoms with van der Waals surface area (Å²) >= 11 is 5.75. The summed E-state index contributed by atoms with van der Waals surface area (Å²) in [5.41, 5.74) is -0.489. The van der Waals surface area contributed by atoms with Crippen molar-refractivity contribution in [2.75, 3.05) is 5.32 Å². The lowest BCUT2D eigenvalue weighted by Crippen LogP contribution is -2.14. The molecule has 0 aliphatic heterocycles. The molecule has 0 unspecified atom stereocenters. The Bertz CT molecular complexity index is 649. The molecule has 2 aromatic rings. The second-order valence-electron chi connectivity index (χ2n) is 3.56. The van der Waals surface area contributed by atoms with E-state index in [9.17, 15) is 18.0 Å². The van der Waals surface area contributed by atoms with Crippen molar-refractivity contribution in [1.29, 1.82) is 0 Å². The van der Waals surface area contributed by atoms with Gasteiger partial charge >= 0.3 is 0 Å². The van der Waals surface area contributed by atoms with Gasteiger partial charge in [0.1, 0.15) is 5.82 Å². The Morgan fingerprint density at radius 3 is 2.53 bits per heavy atom. The summed E-state index contributed by atoms with van der Waals surface area (Å²) in [4.78, 5) is 15.5. The Labute approximate surface area is 111 Å². The average molecular weight is 287 g/mol. The van der Waals surface area contributed by atoms with Gasteiger partial charge in [0, 0.05) is 24.5 Å². The summed E-state index contributed by atoms with van der Waals surface area (Å²) in [6.07, 6.45) is 2.55. The first-order chi connectivity index (χ1) is 8.99. The van der Waals surface area contributed by atoms with Crippen LogP contribution < -0.4 is 5.32 Å². The minimum absolute atomic E-state index is 0.00620. The average Bonchev–Trinajstić information content (AvgIpc) is 2.36. The van der Waals surface area contributed by atoms with Crippen molar-refractivity contribution in [3.05, 3.63) is 58.6 Å². The Morgan fingerprint density at radius 2 is 1.84 bits per heavy atom. The number of benzene rings is 1. The molecule has 7 heteroatoms. The minimum atomic E-state index is -1.34. The number of anilines is 1. The van der Waals surface area contributed by atoms with Crippen LogP contribution in [0.25, 0.3) is 0 Å². The standard InChI is InChI=1S/C12H6ClF3N2O/c13-7-1-2-17-5-6(7)12(19)18-11-4-9(15)8(14)3-10(11)16/h1-5H,(H,18,19). The van der Waals surface area contributed by atoms with Crippen molar-refractivity contribution >= 4 is 23.2 Å². The summed E-state index contributed by atoms with van der Waals surface area (Å²) in [5, 5.41) is 2.20. The largest absolute Gasteiger partial charge is 0.319 e. The van der Waals surface area contributed by atoms with Gasteiger partial charge < -0.3 is 5.32 Å². The van der Waals surface area contributed by atoms with E-state index >= 15 is 0 Å². The molecule has 19 heavy (non-hydrogen) atoms. The molecule has 0 saturated heterocycles. The molecule has 2 rings (SSSR count). The van der Waals surface area contributed by atoms with E-state index in [1.807, 2.05) is 0 Å². The minimum Gasteiger partial charge on any atom is -0.319 e. The Balaban J connectivity index is 2.30. The first-order valence-corrected chi connectivity index (χ1v) is 5.42. The maximum absolute atomic E-state index is 13.3. The predicted octanol–water partition coefficient (Wildman–Crippen LogP) is 3.40. The fraction of sp³-hybridized carbons (Fsp3) is 0. The van der Waals surface area contributed by atoms with Crippen LogP contribution in [0.1, 0.15) is 10.4 Å². The highest BCUT2D eigenvalue weighted by atomic mass is 35.5. The number of pyridine rings is 1. The molecule has 1 amide bonds. The summed E-state index contributed by atoms with van der Waals surface area (Å²) in [7, 11) is 0. The van der Waals surface area contributed by atoms with E-state index in [0.717, 1.165) is 0 Å². The molecule has 1 aromatic carbocycles. The number of nitrogens with one attached hydrogen (secondary N) is 1. The zero-order chi connectivity index (χ0) is 14.0. The van der Waals surface area contributed by atoms with Crippen LogP contribution >= 0.6 is 11.6 Å². The molecule has 0 saturated carbocycles. The first-order valence-electron chi connectivity index (χ1n) is 5.04. The molecule has 1 heterocycles. The highest BCUT2D eigenvalue weighted by Crippen LogP contribution is 2.20. The molecular formula is C12H6ClF3N2O. The van der Waals surface area contributed by atoms with Crippen molar-refractivity contribution in [1.82, 2.24) is 4.98 Å². The molecule has 0 spiro atoms. The van der Waals surface area contributed by atoms with Gasteiger partial charge in [-0.25, -0.2) is 13.2 Å². The van der Waals surface area contributed by atoms with Gasteiger partial charge in [-0.3, -0.25) is 9.78 Å². The summed E-state index contributed by atoms with van der Waals surface area (Å²) in [6, 6.07) is 2.26. The van der Waals surface area contributed by atoms with Crippen LogP contribution in [0, 0.1) is 17.5 Å². The Kier molecular flexibility index (Phi) is 3.71. The lowest BCUT2D eigenvalue weighted by atomic mass is 10.2. The van der Waals surface area contributed by atoms with Gasteiger partial charge in [-0.05, 0) is 6.07 Å². The van der Waals surface area contributed by atoms with Crippen LogP contribution in [0.2, 0.25) is 5.02 Å². The summed E-state index contributed by atoms with van der Waals surface area (Å²) in [6.45, 7) is 0. The van der Waals surface area contributed by atoms with E-state index in [1.165, 1.54) is 18.5 Å². The number of carbonyl (C=O) groups excluding carboxylic acids is 1. The molecule has 3 nitrogen and oxygen atoms in total. The topological polar surface area (TPSA) is 42.0 Å². The van der Waals surface area contributed by atoms with Crippen LogP contribution in [0.5, 0.6) is 0 Å². The fourth-order valence-corrected chi connectivity index (χ4v) is 1.54. The molecule has 0 radical (unpaired) electrons. The molecule has 0 aliphatic rings. The highest BCUT2D eigenvalue weighted by molar-refractivity contribution is 6.34. The molecule has 1 N–H and O–H groups in total. The molecular weight excluding hydrogens is 281 g/mol. The molecule has 1 aromatic heterocycles. The molecule has 0 bridgehead atoms. The van der Waals surface area contributed by atoms with Crippen LogP contribution in [0.15, 0.2) is 30.6 Å². The van der Waals surface area contributed by atoms with Gasteiger partial charge in [0.2, 0.25) is 0 Å². The van der Waals surface area contributed by atoms with Crippen LogP contribution in [0.4, 0.5) is 18.9 Å². The number of halogens is 4. The summed E-state index contributed by atoms with van der Waals surface area (Å²) in [5.74, 6) is -4.47. The SMILES string of the molecule is O=C(Nc1cc(F)c(F)cc1F)c1cnccc1Cl. The number of hydrogen-bond donors (Lipinski definition) is 1. The van der Waals surface area contributed by atoms with Crippen LogP contribution in [-0.2, 0) is 0 Å². The van der Waals surface area contributed by atoms with Gasteiger partial charge in [-0.15, -0.1) is 0 Å². The third-order valence-corrected chi connectivity index (χ3v) is 2.60.